The molecule has 1 heterocycles. The fourth-order valence-corrected chi connectivity index (χ4v) is 2.57. The van der Waals surface area contributed by atoms with Gasteiger partial charge in [0.15, 0.2) is 0 Å². The summed E-state index contributed by atoms with van der Waals surface area (Å²) < 4.78 is 5.80. The van der Waals surface area contributed by atoms with Crippen molar-refractivity contribution in [3.8, 4) is 0 Å². The van der Waals surface area contributed by atoms with Crippen molar-refractivity contribution in [3.05, 3.63) is 24.8 Å². The number of hydrogen-bond acceptors (Lipinski definition) is 1. The van der Waals surface area contributed by atoms with Crippen LogP contribution in [-0.4, -0.2) is 12.2 Å². The molecule has 1 unspecified atom stereocenters. The van der Waals surface area contributed by atoms with E-state index in [2.05, 4.69) is 18.7 Å². The molecule has 0 amide bonds. The summed E-state index contributed by atoms with van der Waals surface area (Å²) in [6.45, 7) is 4.68. The largest absolute Gasteiger partial charge is 0.362 e. The summed E-state index contributed by atoms with van der Waals surface area (Å²) in [5.74, 6) is 0.678. The van der Waals surface area contributed by atoms with Crippen LogP contribution in [0.1, 0.15) is 32.1 Å². The first kappa shape index (κ1) is 9.01. The first-order chi connectivity index (χ1) is 6.37. The average molecular weight is 178 g/mol. The van der Waals surface area contributed by atoms with Gasteiger partial charge < -0.3 is 4.74 Å². The minimum absolute atomic E-state index is 0.111. The Kier molecular flexibility index (Phi) is 2.54. The van der Waals surface area contributed by atoms with Gasteiger partial charge in [-0.25, -0.2) is 0 Å². The summed E-state index contributed by atoms with van der Waals surface area (Å²) in [5, 5.41) is 0. The minimum Gasteiger partial charge on any atom is -0.362 e. The maximum Gasteiger partial charge on any atom is 0.107 e. The van der Waals surface area contributed by atoms with Crippen LogP contribution >= 0.6 is 0 Å². The summed E-state index contributed by atoms with van der Waals surface area (Å²) in [6, 6.07) is 0. The standard InChI is InChI=1S/C12H18O/c1-2-12(9-6-10-13-12)11-7-4-3-5-8-11/h2,6,9,11H,1,3-5,7-8,10H2. The molecule has 1 atom stereocenters. The van der Waals surface area contributed by atoms with Crippen molar-refractivity contribution < 1.29 is 4.74 Å². The SMILES string of the molecule is C=CC1(C2CCCCC2)C=CCO1. The van der Waals surface area contributed by atoms with Crippen LogP contribution in [-0.2, 0) is 4.74 Å². The molecule has 1 aliphatic carbocycles. The number of hydrogen-bond donors (Lipinski definition) is 0. The smallest absolute Gasteiger partial charge is 0.107 e. The van der Waals surface area contributed by atoms with Gasteiger partial charge >= 0.3 is 0 Å². The summed E-state index contributed by atoms with van der Waals surface area (Å²) >= 11 is 0. The van der Waals surface area contributed by atoms with E-state index in [1.165, 1.54) is 32.1 Å². The van der Waals surface area contributed by atoms with Gasteiger partial charge in [-0.05, 0) is 18.8 Å². The zero-order valence-electron chi connectivity index (χ0n) is 8.17. The fourth-order valence-electron chi connectivity index (χ4n) is 2.57. The van der Waals surface area contributed by atoms with E-state index < -0.39 is 0 Å². The van der Waals surface area contributed by atoms with Crippen molar-refractivity contribution in [1.29, 1.82) is 0 Å². The molecule has 1 heteroatoms. The molecule has 72 valence electrons. The second-order valence-corrected chi connectivity index (χ2v) is 4.11. The molecular formula is C12H18O. The molecule has 13 heavy (non-hydrogen) atoms. The second kappa shape index (κ2) is 3.67. The zero-order valence-corrected chi connectivity index (χ0v) is 8.17. The second-order valence-electron chi connectivity index (χ2n) is 4.11. The molecule has 1 saturated carbocycles. The fraction of sp³-hybridized carbons (Fsp3) is 0.667. The Bertz CT molecular complexity index is 213. The maximum absolute atomic E-state index is 5.80. The Morgan fingerprint density at radius 1 is 1.31 bits per heavy atom. The highest BCUT2D eigenvalue weighted by Gasteiger charge is 2.37. The van der Waals surface area contributed by atoms with E-state index in [0.717, 1.165) is 6.61 Å². The summed E-state index contributed by atoms with van der Waals surface area (Å²) in [4.78, 5) is 0. The monoisotopic (exact) mass is 178 g/mol. The van der Waals surface area contributed by atoms with Gasteiger partial charge in [-0.15, -0.1) is 0 Å². The van der Waals surface area contributed by atoms with Crippen LogP contribution in [0.4, 0.5) is 0 Å². The number of rotatable bonds is 2. The molecule has 0 N–H and O–H groups in total. The van der Waals surface area contributed by atoms with Gasteiger partial charge in [-0.3, -0.25) is 0 Å². The van der Waals surface area contributed by atoms with Crippen LogP contribution in [0.25, 0.3) is 0 Å². The van der Waals surface area contributed by atoms with Crippen molar-refractivity contribution in [3.63, 3.8) is 0 Å². The molecular weight excluding hydrogens is 160 g/mol. The normalized spacial score (nSPS) is 35.1. The lowest BCUT2D eigenvalue weighted by Crippen LogP contribution is -2.35. The van der Waals surface area contributed by atoms with E-state index >= 15 is 0 Å². The van der Waals surface area contributed by atoms with Gasteiger partial charge in [0, 0.05) is 0 Å². The molecule has 0 spiro atoms. The Morgan fingerprint density at radius 2 is 2.08 bits per heavy atom. The van der Waals surface area contributed by atoms with Crippen LogP contribution in [0.15, 0.2) is 24.8 Å². The van der Waals surface area contributed by atoms with Crippen LogP contribution in [0.2, 0.25) is 0 Å². The summed E-state index contributed by atoms with van der Waals surface area (Å²) in [6.07, 6.45) is 13.0. The Labute approximate surface area is 80.5 Å². The molecule has 2 aliphatic rings. The van der Waals surface area contributed by atoms with E-state index in [4.69, 9.17) is 4.74 Å². The maximum atomic E-state index is 5.80. The molecule has 0 bridgehead atoms. The molecule has 0 aromatic heterocycles. The predicted octanol–water partition coefficient (Wildman–Crippen LogP) is 3.08. The first-order valence-electron chi connectivity index (χ1n) is 5.33. The van der Waals surface area contributed by atoms with Gasteiger partial charge in [0.1, 0.15) is 5.60 Å². The highest BCUT2D eigenvalue weighted by atomic mass is 16.5. The van der Waals surface area contributed by atoms with Crippen LogP contribution in [0.5, 0.6) is 0 Å². The van der Waals surface area contributed by atoms with Crippen molar-refractivity contribution in [2.45, 2.75) is 37.7 Å². The highest BCUT2D eigenvalue weighted by Crippen LogP contribution is 2.38. The molecule has 0 saturated heterocycles. The van der Waals surface area contributed by atoms with Crippen LogP contribution in [0, 0.1) is 5.92 Å². The lowest BCUT2D eigenvalue weighted by atomic mass is 9.77. The van der Waals surface area contributed by atoms with Crippen molar-refractivity contribution >= 4 is 0 Å². The van der Waals surface area contributed by atoms with Crippen molar-refractivity contribution in [1.82, 2.24) is 0 Å². The van der Waals surface area contributed by atoms with Crippen molar-refractivity contribution in [2.24, 2.45) is 5.92 Å². The average Bonchev–Trinajstić information content (AvgIpc) is 2.69. The first-order valence-corrected chi connectivity index (χ1v) is 5.33. The van der Waals surface area contributed by atoms with Gasteiger partial charge in [0.25, 0.3) is 0 Å². The molecule has 0 radical (unpaired) electrons. The van der Waals surface area contributed by atoms with Crippen LogP contribution in [0.3, 0.4) is 0 Å². The van der Waals surface area contributed by atoms with E-state index in [0.29, 0.717) is 5.92 Å². The van der Waals surface area contributed by atoms with Gasteiger partial charge in [-0.1, -0.05) is 44.1 Å². The van der Waals surface area contributed by atoms with E-state index in [1.54, 1.807) is 0 Å². The molecule has 1 aliphatic heterocycles. The molecule has 0 aromatic rings. The third-order valence-electron chi connectivity index (χ3n) is 3.37. The van der Waals surface area contributed by atoms with Gasteiger partial charge in [0.2, 0.25) is 0 Å². The van der Waals surface area contributed by atoms with E-state index in [9.17, 15) is 0 Å². The Hall–Kier alpha value is -0.560. The Balaban J connectivity index is 2.10. The Morgan fingerprint density at radius 3 is 2.62 bits per heavy atom. The molecule has 1 nitrogen and oxygen atoms in total. The highest BCUT2D eigenvalue weighted by molar-refractivity contribution is 5.19. The van der Waals surface area contributed by atoms with Gasteiger partial charge in [0.05, 0.1) is 6.61 Å². The topological polar surface area (TPSA) is 9.23 Å². The molecule has 0 aromatic carbocycles. The third kappa shape index (κ3) is 1.58. The van der Waals surface area contributed by atoms with E-state index in [1.807, 2.05) is 6.08 Å². The third-order valence-corrected chi connectivity index (χ3v) is 3.37. The zero-order chi connectivity index (χ0) is 9.15. The van der Waals surface area contributed by atoms with Crippen molar-refractivity contribution in [2.75, 3.05) is 6.61 Å². The molecule has 1 fully saturated rings. The predicted molar refractivity (Wildman–Crippen MR) is 54.6 cm³/mol. The van der Waals surface area contributed by atoms with Gasteiger partial charge in [-0.2, -0.15) is 0 Å². The number of ether oxygens (including phenoxy) is 1. The quantitative estimate of drug-likeness (QED) is 0.590. The lowest BCUT2D eigenvalue weighted by Gasteiger charge is -2.35. The lowest BCUT2D eigenvalue weighted by molar-refractivity contribution is 0.00373. The van der Waals surface area contributed by atoms with Crippen LogP contribution < -0.4 is 0 Å². The summed E-state index contributed by atoms with van der Waals surface area (Å²) in [5.41, 5.74) is -0.111. The summed E-state index contributed by atoms with van der Waals surface area (Å²) in [7, 11) is 0. The minimum atomic E-state index is -0.111. The molecule has 2 rings (SSSR count). The van der Waals surface area contributed by atoms with E-state index in [-0.39, 0.29) is 5.60 Å².